The van der Waals surface area contributed by atoms with Gasteiger partial charge in [-0.25, -0.2) is 4.57 Å². The third-order valence-corrected chi connectivity index (χ3v) is 6.02. The lowest BCUT2D eigenvalue weighted by Crippen LogP contribution is -2.47. The number of hydrogen-bond donors (Lipinski definition) is 1. The number of nitrogens with one attached hydrogen (secondary N) is 1. The highest BCUT2D eigenvalue weighted by molar-refractivity contribution is 6.00. The minimum absolute atomic E-state index is 0.154. The van der Waals surface area contributed by atoms with Crippen LogP contribution in [0.5, 0.6) is 0 Å². The molecule has 2 aromatic carbocycles. The molecule has 0 bridgehead atoms. The molecule has 2 heterocycles. The van der Waals surface area contributed by atoms with Crippen molar-refractivity contribution in [1.29, 1.82) is 0 Å². The highest BCUT2D eigenvalue weighted by Gasteiger charge is 2.33. The van der Waals surface area contributed by atoms with E-state index in [-0.39, 0.29) is 11.8 Å². The molecule has 28 heavy (non-hydrogen) atoms. The zero-order valence-electron chi connectivity index (χ0n) is 16.1. The van der Waals surface area contributed by atoms with E-state index in [1.165, 1.54) is 16.7 Å². The van der Waals surface area contributed by atoms with Crippen molar-refractivity contribution in [3.8, 4) is 0 Å². The topological polar surface area (TPSA) is 45.9 Å². The van der Waals surface area contributed by atoms with Gasteiger partial charge in [-0.2, -0.15) is 0 Å². The summed E-state index contributed by atoms with van der Waals surface area (Å²) in [6, 6.07) is 16.9. The second kappa shape index (κ2) is 6.86. The van der Waals surface area contributed by atoms with Gasteiger partial charge >= 0.3 is 0 Å². The molecule has 0 saturated heterocycles. The summed E-state index contributed by atoms with van der Waals surface area (Å²) >= 11 is 0. The van der Waals surface area contributed by atoms with Crippen molar-refractivity contribution in [1.82, 2.24) is 4.98 Å². The molecule has 0 amide bonds. The second-order valence-electron chi connectivity index (χ2n) is 7.92. The van der Waals surface area contributed by atoms with Crippen LogP contribution in [0.25, 0.3) is 0 Å². The van der Waals surface area contributed by atoms with Gasteiger partial charge in [-0.05, 0) is 54.8 Å². The Morgan fingerprint density at radius 1 is 1.04 bits per heavy atom. The Hall–Kier alpha value is -3.01. The normalized spacial score (nSPS) is 20.8. The predicted molar refractivity (Wildman–Crippen MR) is 108 cm³/mol. The first-order chi connectivity index (χ1) is 13.7. The summed E-state index contributed by atoms with van der Waals surface area (Å²) in [7, 11) is 0. The highest BCUT2D eigenvalue weighted by atomic mass is 16.1. The number of carbonyl (C=O) groups excluding carboxylic acids is 1. The van der Waals surface area contributed by atoms with Crippen LogP contribution < -0.4 is 9.88 Å². The number of rotatable bonds is 2. The lowest BCUT2D eigenvalue weighted by Gasteiger charge is -2.25. The van der Waals surface area contributed by atoms with Crippen LogP contribution in [-0.4, -0.2) is 10.8 Å². The van der Waals surface area contributed by atoms with Gasteiger partial charge in [0.25, 0.3) is 6.33 Å². The lowest BCUT2D eigenvalue weighted by molar-refractivity contribution is -0.711. The van der Waals surface area contributed by atoms with Gasteiger partial charge in [0.2, 0.25) is 11.6 Å². The fraction of sp³-hybridized carbons (Fsp3) is 0.292. The summed E-state index contributed by atoms with van der Waals surface area (Å²) in [5.74, 6) is 1.15. The number of aromatic nitrogens is 2. The van der Waals surface area contributed by atoms with E-state index in [0.717, 1.165) is 42.6 Å². The molecule has 0 fully saturated rings. The van der Waals surface area contributed by atoms with Crippen LogP contribution in [0.15, 0.2) is 61.1 Å². The number of nitrogens with zero attached hydrogens (tertiary/aromatic N) is 2. The SMILES string of the molecule is Cc1ccc2c(c1)C(=O)C([n+]1cnc3c(c1)CCC(c1ccccc1)N3)CC2. The monoisotopic (exact) mass is 370 g/mol. The van der Waals surface area contributed by atoms with Gasteiger partial charge in [-0.1, -0.05) is 48.0 Å². The number of Topliss-reactive ketones (excluding diaryl/α,β-unsaturated/α-hetero) is 1. The first-order valence-electron chi connectivity index (χ1n) is 10.0. The van der Waals surface area contributed by atoms with Crippen molar-refractivity contribution in [3.63, 3.8) is 0 Å². The fourth-order valence-electron chi connectivity index (χ4n) is 4.46. The molecule has 2 atom stereocenters. The van der Waals surface area contributed by atoms with Gasteiger partial charge in [0.15, 0.2) is 6.04 Å². The Balaban J connectivity index is 1.41. The van der Waals surface area contributed by atoms with Gasteiger partial charge in [-0.15, -0.1) is 0 Å². The Labute approximate surface area is 165 Å². The van der Waals surface area contributed by atoms with E-state index < -0.39 is 0 Å². The number of benzene rings is 2. The second-order valence-corrected chi connectivity index (χ2v) is 7.92. The van der Waals surface area contributed by atoms with Crippen LogP contribution >= 0.6 is 0 Å². The first kappa shape index (κ1) is 17.1. The molecular weight excluding hydrogens is 346 g/mol. The lowest BCUT2D eigenvalue weighted by atomic mass is 9.86. The van der Waals surface area contributed by atoms with Crippen LogP contribution in [0, 0.1) is 6.92 Å². The number of aryl methyl sites for hydroxylation is 3. The smallest absolute Gasteiger partial charge is 0.289 e. The van der Waals surface area contributed by atoms with Gasteiger partial charge in [-0.3, -0.25) is 4.79 Å². The molecule has 0 radical (unpaired) electrons. The summed E-state index contributed by atoms with van der Waals surface area (Å²) in [5, 5.41) is 3.57. The Morgan fingerprint density at radius 2 is 1.86 bits per heavy atom. The van der Waals surface area contributed by atoms with Gasteiger partial charge in [0.1, 0.15) is 6.20 Å². The molecule has 0 spiro atoms. The molecule has 140 valence electrons. The molecule has 4 heteroatoms. The van der Waals surface area contributed by atoms with E-state index in [1.807, 2.05) is 30.0 Å². The highest BCUT2D eigenvalue weighted by Crippen LogP contribution is 2.31. The largest absolute Gasteiger partial charge is 0.342 e. The number of hydrogen-bond acceptors (Lipinski definition) is 3. The first-order valence-corrected chi connectivity index (χ1v) is 10.0. The van der Waals surface area contributed by atoms with Crippen LogP contribution in [-0.2, 0) is 12.8 Å². The molecule has 1 N–H and O–H groups in total. The maximum atomic E-state index is 13.1. The minimum Gasteiger partial charge on any atom is -0.342 e. The number of fused-ring (bicyclic) bond motifs is 2. The molecule has 1 aliphatic heterocycles. The Kier molecular flexibility index (Phi) is 4.19. The van der Waals surface area contributed by atoms with Crippen LogP contribution in [0.3, 0.4) is 0 Å². The molecule has 4 nitrogen and oxygen atoms in total. The molecular formula is C24H24N3O+. The molecule has 5 rings (SSSR count). The molecule has 2 unspecified atom stereocenters. The minimum atomic E-state index is -0.154. The molecule has 0 saturated carbocycles. The van der Waals surface area contributed by atoms with Gasteiger partial charge in [0.05, 0.1) is 11.6 Å². The van der Waals surface area contributed by atoms with Crippen molar-refractivity contribution in [2.75, 3.05) is 5.32 Å². The summed E-state index contributed by atoms with van der Waals surface area (Å²) in [4.78, 5) is 17.8. The number of anilines is 1. The van der Waals surface area contributed by atoms with Gasteiger partial charge in [0, 0.05) is 5.56 Å². The average molecular weight is 370 g/mol. The van der Waals surface area contributed by atoms with Gasteiger partial charge < -0.3 is 5.32 Å². The van der Waals surface area contributed by atoms with E-state index in [2.05, 4.69) is 52.9 Å². The van der Waals surface area contributed by atoms with E-state index in [4.69, 9.17) is 0 Å². The standard InChI is InChI=1S/C24H23N3O/c1-16-7-8-17-10-12-22(23(28)20(17)13-16)27-14-19-9-11-21(26-24(19)25-15-27)18-5-3-2-4-6-18/h2-8,13-15,21-22H,9-12H2,1H3/p+1. The van der Waals surface area contributed by atoms with Crippen molar-refractivity contribution in [3.05, 3.63) is 88.9 Å². The number of ketones is 1. The average Bonchev–Trinajstić information content (AvgIpc) is 2.74. The Bertz CT molecular complexity index is 1040. The number of carbonyl (C=O) groups is 1. The summed E-state index contributed by atoms with van der Waals surface area (Å²) in [5.41, 5.74) is 5.67. The van der Waals surface area contributed by atoms with Crippen LogP contribution in [0.1, 0.15) is 57.5 Å². The molecule has 1 aliphatic carbocycles. The summed E-state index contributed by atoms with van der Waals surface area (Å²) in [6.45, 7) is 2.04. The third kappa shape index (κ3) is 2.99. The quantitative estimate of drug-likeness (QED) is 0.690. The fourth-order valence-corrected chi connectivity index (χ4v) is 4.46. The summed E-state index contributed by atoms with van der Waals surface area (Å²) in [6.07, 6.45) is 7.71. The van der Waals surface area contributed by atoms with Crippen molar-refractivity contribution < 1.29 is 9.36 Å². The maximum Gasteiger partial charge on any atom is 0.289 e. The van der Waals surface area contributed by atoms with E-state index in [0.29, 0.717) is 6.04 Å². The third-order valence-electron chi connectivity index (χ3n) is 6.02. The van der Waals surface area contributed by atoms with E-state index in [9.17, 15) is 4.79 Å². The summed E-state index contributed by atoms with van der Waals surface area (Å²) < 4.78 is 2.02. The zero-order chi connectivity index (χ0) is 19.1. The van der Waals surface area contributed by atoms with Crippen molar-refractivity contribution in [2.24, 2.45) is 0 Å². The van der Waals surface area contributed by atoms with Crippen molar-refractivity contribution >= 4 is 11.6 Å². The Morgan fingerprint density at radius 3 is 2.71 bits per heavy atom. The zero-order valence-corrected chi connectivity index (χ0v) is 16.1. The van der Waals surface area contributed by atoms with Crippen LogP contribution in [0.4, 0.5) is 5.82 Å². The molecule has 1 aromatic heterocycles. The van der Waals surface area contributed by atoms with Crippen LogP contribution in [0.2, 0.25) is 0 Å². The van der Waals surface area contributed by atoms with E-state index in [1.54, 1.807) is 0 Å². The predicted octanol–water partition coefficient (Wildman–Crippen LogP) is 4.15. The maximum absolute atomic E-state index is 13.1. The van der Waals surface area contributed by atoms with Crippen molar-refractivity contribution in [2.45, 2.75) is 44.7 Å². The molecule has 2 aliphatic rings. The van der Waals surface area contributed by atoms with E-state index >= 15 is 0 Å². The molecule has 3 aromatic rings.